The van der Waals surface area contributed by atoms with E-state index in [1.54, 1.807) is 0 Å². The summed E-state index contributed by atoms with van der Waals surface area (Å²) in [6.07, 6.45) is 0. The van der Waals surface area contributed by atoms with Gasteiger partial charge in [-0.05, 0) is 0 Å². The summed E-state index contributed by atoms with van der Waals surface area (Å²) in [5.41, 5.74) is 0. The Morgan fingerprint density at radius 2 is 1.90 bits per heavy atom. The van der Waals surface area contributed by atoms with E-state index >= 15 is 0 Å². The lowest BCUT2D eigenvalue weighted by molar-refractivity contribution is 0.371. The van der Waals surface area contributed by atoms with Crippen LogP contribution < -0.4 is 0 Å². The molecule has 1 N–H and O–H groups in total. The van der Waals surface area contributed by atoms with Gasteiger partial charge < -0.3 is 5.11 Å². The number of aromatic nitrogens is 1. The minimum absolute atomic E-state index is 0.290. The van der Waals surface area contributed by atoms with Crippen molar-refractivity contribution in [3.05, 3.63) is 23.8 Å². The lowest BCUT2D eigenvalue weighted by atomic mass is 10.4. The molecule has 1 rings (SSSR count). The molecule has 2 nitrogen and oxygen atoms in total. The van der Waals surface area contributed by atoms with E-state index in [-0.39, 0.29) is 0 Å². The maximum atomic E-state index is 12.1. The van der Waals surface area contributed by atoms with E-state index in [1.165, 1.54) is 0 Å². The minimum Gasteiger partial charge on any atom is -0.502 e. The predicted octanol–water partition coefficient (Wildman–Crippen LogP) is 1.20. The predicted molar refractivity (Wildman–Crippen MR) is 25.8 cm³/mol. The zero-order valence-electron chi connectivity index (χ0n) is 4.61. The van der Waals surface area contributed by atoms with E-state index in [9.17, 15) is 13.2 Å². The number of rotatable bonds is 0. The van der Waals surface area contributed by atoms with E-state index < -0.39 is 23.5 Å². The average Bonchev–Trinajstić information content (AvgIpc) is 1.82. The zero-order chi connectivity index (χ0) is 7.72. The highest BCUT2D eigenvalue weighted by molar-refractivity contribution is 5.18. The Balaban J connectivity index is 3.31. The number of aromatic hydroxyl groups is 1. The third-order valence-electron chi connectivity index (χ3n) is 0.872. The van der Waals surface area contributed by atoms with Crippen LogP contribution in [0.4, 0.5) is 13.2 Å². The molecule has 0 radical (unpaired) electrons. The fourth-order valence-electron chi connectivity index (χ4n) is 0.450. The molecular formula is C5H2F3NO. The Morgan fingerprint density at radius 3 is 2.40 bits per heavy atom. The van der Waals surface area contributed by atoms with Crippen molar-refractivity contribution in [3.8, 4) is 5.75 Å². The Labute approximate surface area is 53.9 Å². The Kier molecular flexibility index (Phi) is 1.48. The van der Waals surface area contributed by atoms with Crippen molar-refractivity contribution in [1.29, 1.82) is 0 Å². The van der Waals surface area contributed by atoms with Gasteiger partial charge >= 0.3 is 0 Å². The first-order valence-electron chi connectivity index (χ1n) is 2.32. The van der Waals surface area contributed by atoms with Gasteiger partial charge in [0.1, 0.15) is 0 Å². The summed E-state index contributed by atoms with van der Waals surface area (Å²) in [5.74, 6) is -5.46. The van der Waals surface area contributed by atoms with E-state index in [1.807, 2.05) is 0 Å². The zero-order valence-corrected chi connectivity index (χ0v) is 4.61. The van der Waals surface area contributed by atoms with Crippen molar-refractivity contribution in [2.24, 2.45) is 0 Å². The van der Waals surface area contributed by atoms with Crippen LogP contribution in [0.5, 0.6) is 5.75 Å². The molecule has 0 fully saturated rings. The molecule has 0 unspecified atom stereocenters. The number of halogens is 3. The highest BCUT2D eigenvalue weighted by Crippen LogP contribution is 2.17. The monoisotopic (exact) mass is 149 g/mol. The molecule has 1 aromatic heterocycles. The maximum absolute atomic E-state index is 12.1. The molecule has 0 aromatic carbocycles. The van der Waals surface area contributed by atoms with Gasteiger partial charge in [-0.1, -0.05) is 0 Å². The number of hydrogen-bond acceptors (Lipinski definition) is 2. The van der Waals surface area contributed by atoms with Gasteiger partial charge in [-0.15, -0.1) is 0 Å². The quantitative estimate of drug-likeness (QED) is 0.562. The van der Waals surface area contributed by atoms with E-state index in [0.29, 0.717) is 6.07 Å². The minimum atomic E-state index is -1.54. The summed E-state index contributed by atoms with van der Waals surface area (Å²) in [6, 6.07) is 0.290. The summed E-state index contributed by atoms with van der Waals surface area (Å²) in [6.45, 7) is 0. The molecule has 0 aliphatic heterocycles. The van der Waals surface area contributed by atoms with Gasteiger partial charge in [0.15, 0.2) is 5.82 Å². The van der Waals surface area contributed by atoms with E-state index in [4.69, 9.17) is 5.11 Å². The first-order valence-corrected chi connectivity index (χ1v) is 2.32. The van der Waals surface area contributed by atoms with Crippen LogP contribution in [-0.4, -0.2) is 10.1 Å². The first-order chi connectivity index (χ1) is 4.61. The van der Waals surface area contributed by atoms with Gasteiger partial charge in [-0.2, -0.15) is 13.8 Å². The molecule has 0 bridgehead atoms. The molecule has 0 spiro atoms. The van der Waals surface area contributed by atoms with Crippen molar-refractivity contribution in [3.63, 3.8) is 0 Å². The smallest absolute Gasteiger partial charge is 0.260 e. The van der Waals surface area contributed by atoms with Crippen LogP contribution in [0.3, 0.4) is 0 Å². The van der Waals surface area contributed by atoms with Gasteiger partial charge in [-0.3, -0.25) is 0 Å². The van der Waals surface area contributed by atoms with Gasteiger partial charge in [0.2, 0.25) is 11.7 Å². The van der Waals surface area contributed by atoms with Gasteiger partial charge in [-0.25, -0.2) is 4.39 Å². The van der Waals surface area contributed by atoms with Gasteiger partial charge in [0, 0.05) is 6.07 Å². The molecule has 10 heavy (non-hydrogen) atoms. The summed E-state index contributed by atoms with van der Waals surface area (Å²) >= 11 is 0. The van der Waals surface area contributed by atoms with Crippen LogP contribution >= 0.6 is 0 Å². The second-order valence-corrected chi connectivity index (χ2v) is 1.57. The van der Waals surface area contributed by atoms with Crippen LogP contribution in [0.25, 0.3) is 0 Å². The van der Waals surface area contributed by atoms with Crippen molar-refractivity contribution in [1.82, 2.24) is 4.98 Å². The summed E-state index contributed by atoms with van der Waals surface area (Å²) < 4.78 is 36.0. The average molecular weight is 149 g/mol. The second kappa shape index (κ2) is 2.17. The molecule has 5 heteroatoms. The lowest BCUT2D eigenvalue weighted by Gasteiger charge is -1.94. The topological polar surface area (TPSA) is 33.1 Å². The van der Waals surface area contributed by atoms with E-state index in [0.717, 1.165) is 0 Å². The van der Waals surface area contributed by atoms with Gasteiger partial charge in [0.25, 0.3) is 5.95 Å². The molecule has 0 amide bonds. The second-order valence-electron chi connectivity index (χ2n) is 1.57. The highest BCUT2D eigenvalue weighted by Gasteiger charge is 2.09. The molecule has 0 aliphatic rings. The summed E-state index contributed by atoms with van der Waals surface area (Å²) in [7, 11) is 0. The van der Waals surface area contributed by atoms with Crippen LogP contribution in [0.2, 0.25) is 0 Å². The Hall–Kier alpha value is -1.26. The standard InChI is InChI=1S/C5H2F3NO/c6-2-1-3(7)9-5(8)4(2)10/h1,10H. The normalized spacial score (nSPS) is 9.90. The SMILES string of the molecule is Oc1c(F)cc(F)nc1F. The van der Waals surface area contributed by atoms with E-state index in [2.05, 4.69) is 4.98 Å². The van der Waals surface area contributed by atoms with Crippen molar-refractivity contribution >= 4 is 0 Å². The molecule has 1 aromatic rings. The highest BCUT2D eigenvalue weighted by atomic mass is 19.1. The number of nitrogens with zero attached hydrogens (tertiary/aromatic N) is 1. The summed E-state index contributed by atoms with van der Waals surface area (Å²) in [4.78, 5) is 2.51. The molecular weight excluding hydrogens is 147 g/mol. The summed E-state index contributed by atoms with van der Waals surface area (Å²) in [5, 5.41) is 8.35. The van der Waals surface area contributed by atoms with Crippen LogP contribution in [0.1, 0.15) is 0 Å². The largest absolute Gasteiger partial charge is 0.502 e. The third-order valence-corrected chi connectivity index (χ3v) is 0.872. The lowest BCUT2D eigenvalue weighted by Crippen LogP contribution is -1.91. The first kappa shape index (κ1) is 6.85. The molecule has 0 aliphatic carbocycles. The van der Waals surface area contributed by atoms with Crippen LogP contribution in [0, 0.1) is 17.7 Å². The van der Waals surface area contributed by atoms with Crippen molar-refractivity contribution in [2.75, 3.05) is 0 Å². The molecule has 0 saturated heterocycles. The number of pyridine rings is 1. The van der Waals surface area contributed by atoms with Crippen molar-refractivity contribution in [2.45, 2.75) is 0 Å². The third kappa shape index (κ3) is 1.02. The maximum Gasteiger partial charge on any atom is 0.260 e. The Bertz CT molecular complexity index is 240. The van der Waals surface area contributed by atoms with Crippen molar-refractivity contribution < 1.29 is 18.3 Å². The molecule has 0 atom stereocenters. The van der Waals surface area contributed by atoms with Gasteiger partial charge in [0.05, 0.1) is 0 Å². The Morgan fingerprint density at radius 1 is 1.30 bits per heavy atom. The number of hydrogen-bond donors (Lipinski definition) is 1. The van der Waals surface area contributed by atoms with Crippen LogP contribution in [-0.2, 0) is 0 Å². The molecule has 1 heterocycles. The molecule has 54 valence electrons. The molecule has 0 saturated carbocycles. The fourth-order valence-corrected chi connectivity index (χ4v) is 0.450. The van der Waals surface area contributed by atoms with Crippen LogP contribution in [0.15, 0.2) is 6.07 Å². The fraction of sp³-hybridized carbons (Fsp3) is 0.